The second kappa shape index (κ2) is 9.26. The number of ether oxygens (including phenoxy) is 1. The lowest BCUT2D eigenvalue weighted by Gasteiger charge is -2.24. The molecular weight excluding hydrogens is 266 g/mol. The zero-order valence-corrected chi connectivity index (χ0v) is 13.9. The summed E-state index contributed by atoms with van der Waals surface area (Å²) in [5.41, 5.74) is 5.95. The summed E-state index contributed by atoms with van der Waals surface area (Å²) < 4.78 is 5.46. The third-order valence-electron chi connectivity index (χ3n) is 4.22. The van der Waals surface area contributed by atoms with Crippen LogP contribution in [0.2, 0.25) is 0 Å². The number of guanidine groups is 1. The van der Waals surface area contributed by atoms with Crippen LogP contribution < -0.4 is 11.1 Å². The van der Waals surface area contributed by atoms with E-state index in [4.69, 9.17) is 10.5 Å². The molecule has 1 heterocycles. The third kappa shape index (κ3) is 7.14. The monoisotopic (exact) mass is 299 g/mol. The van der Waals surface area contributed by atoms with Crippen molar-refractivity contribution in [3.8, 4) is 0 Å². The van der Waals surface area contributed by atoms with E-state index >= 15 is 0 Å². The van der Waals surface area contributed by atoms with E-state index < -0.39 is 0 Å². The first-order chi connectivity index (χ1) is 9.97. The molecule has 21 heavy (non-hydrogen) atoms. The molecule has 5 heteroatoms. The van der Waals surface area contributed by atoms with Crippen molar-refractivity contribution in [2.45, 2.75) is 58.9 Å². The zero-order valence-electron chi connectivity index (χ0n) is 13.9. The SMILES string of the molecule is CC(C)CCCC(C)NC(N)=NCC1(CCO)CCOC1. The fourth-order valence-corrected chi connectivity index (χ4v) is 2.74. The van der Waals surface area contributed by atoms with Crippen LogP contribution in [-0.2, 0) is 4.74 Å². The van der Waals surface area contributed by atoms with Crippen LogP contribution in [0.1, 0.15) is 52.9 Å². The molecule has 0 amide bonds. The Morgan fingerprint density at radius 2 is 2.14 bits per heavy atom. The first-order valence-corrected chi connectivity index (χ1v) is 8.22. The molecule has 1 aliphatic heterocycles. The number of hydrogen-bond acceptors (Lipinski definition) is 3. The predicted molar refractivity (Wildman–Crippen MR) is 87.3 cm³/mol. The average Bonchev–Trinajstić information content (AvgIpc) is 2.85. The average molecular weight is 299 g/mol. The summed E-state index contributed by atoms with van der Waals surface area (Å²) in [6, 6.07) is 0.348. The van der Waals surface area contributed by atoms with Gasteiger partial charge in [-0.2, -0.15) is 0 Å². The summed E-state index contributed by atoms with van der Waals surface area (Å²) in [4.78, 5) is 4.47. The van der Waals surface area contributed by atoms with Crippen LogP contribution in [0.25, 0.3) is 0 Å². The van der Waals surface area contributed by atoms with Crippen molar-refractivity contribution in [1.82, 2.24) is 5.32 Å². The molecule has 0 aliphatic carbocycles. The van der Waals surface area contributed by atoms with Crippen molar-refractivity contribution in [2.24, 2.45) is 22.1 Å². The maximum Gasteiger partial charge on any atom is 0.188 e. The lowest BCUT2D eigenvalue weighted by molar-refractivity contribution is 0.131. The fraction of sp³-hybridized carbons (Fsp3) is 0.938. The molecule has 2 atom stereocenters. The molecule has 0 spiro atoms. The lowest BCUT2D eigenvalue weighted by atomic mass is 9.84. The standard InChI is InChI=1S/C16H33N3O2/c1-13(2)5-4-6-14(3)19-15(17)18-11-16(7-9-20)8-10-21-12-16/h13-14,20H,4-12H2,1-3H3,(H3,17,18,19). The van der Waals surface area contributed by atoms with Crippen LogP contribution in [0.15, 0.2) is 4.99 Å². The Morgan fingerprint density at radius 1 is 1.38 bits per heavy atom. The van der Waals surface area contributed by atoms with Gasteiger partial charge >= 0.3 is 0 Å². The molecule has 1 rings (SSSR count). The molecule has 0 aromatic carbocycles. The van der Waals surface area contributed by atoms with Gasteiger partial charge in [0.25, 0.3) is 0 Å². The van der Waals surface area contributed by atoms with Crippen LogP contribution in [0, 0.1) is 11.3 Å². The van der Waals surface area contributed by atoms with E-state index in [9.17, 15) is 5.11 Å². The molecule has 0 bridgehead atoms. The lowest BCUT2D eigenvalue weighted by Crippen LogP contribution is -2.39. The highest BCUT2D eigenvalue weighted by atomic mass is 16.5. The summed E-state index contributed by atoms with van der Waals surface area (Å²) in [7, 11) is 0. The van der Waals surface area contributed by atoms with Crippen molar-refractivity contribution in [3.63, 3.8) is 0 Å². The minimum atomic E-state index is -0.0259. The zero-order chi connectivity index (χ0) is 15.7. The Morgan fingerprint density at radius 3 is 2.71 bits per heavy atom. The van der Waals surface area contributed by atoms with E-state index in [2.05, 4.69) is 31.1 Å². The normalized spacial score (nSPS) is 24.5. The molecule has 0 saturated carbocycles. The highest BCUT2D eigenvalue weighted by Gasteiger charge is 2.34. The van der Waals surface area contributed by atoms with Crippen LogP contribution >= 0.6 is 0 Å². The Labute approximate surface area is 129 Å². The molecule has 2 unspecified atom stereocenters. The number of nitrogens with two attached hydrogens (primary N) is 1. The van der Waals surface area contributed by atoms with Crippen molar-refractivity contribution in [1.29, 1.82) is 0 Å². The first-order valence-electron chi connectivity index (χ1n) is 8.22. The third-order valence-corrected chi connectivity index (χ3v) is 4.22. The summed E-state index contributed by atoms with van der Waals surface area (Å²) in [6.07, 6.45) is 5.25. The van der Waals surface area contributed by atoms with Crippen LogP contribution in [0.5, 0.6) is 0 Å². The second-order valence-corrected chi connectivity index (χ2v) is 6.85. The maximum absolute atomic E-state index is 9.19. The van der Waals surface area contributed by atoms with Gasteiger partial charge in [-0.25, -0.2) is 0 Å². The molecule has 4 N–H and O–H groups in total. The molecule has 1 fully saturated rings. The van der Waals surface area contributed by atoms with Crippen molar-refractivity contribution in [2.75, 3.05) is 26.4 Å². The van der Waals surface area contributed by atoms with E-state index in [1.54, 1.807) is 0 Å². The molecule has 5 nitrogen and oxygen atoms in total. The van der Waals surface area contributed by atoms with Gasteiger partial charge in [0.05, 0.1) is 13.2 Å². The minimum absolute atomic E-state index is 0.0259. The Bertz CT molecular complexity index is 313. The largest absolute Gasteiger partial charge is 0.396 e. The first kappa shape index (κ1) is 18.2. The van der Waals surface area contributed by atoms with Crippen molar-refractivity contribution >= 4 is 5.96 Å². The molecule has 1 aliphatic rings. The summed E-state index contributed by atoms with van der Waals surface area (Å²) in [5.74, 6) is 1.26. The Hall–Kier alpha value is -0.810. The fourth-order valence-electron chi connectivity index (χ4n) is 2.74. The number of aliphatic hydroxyl groups excluding tert-OH is 1. The minimum Gasteiger partial charge on any atom is -0.396 e. The number of rotatable bonds is 9. The van der Waals surface area contributed by atoms with E-state index in [-0.39, 0.29) is 12.0 Å². The molecular formula is C16H33N3O2. The number of nitrogens with one attached hydrogen (secondary N) is 1. The predicted octanol–water partition coefficient (Wildman–Crippen LogP) is 1.89. The smallest absolute Gasteiger partial charge is 0.188 e. The topological polar surface area (TPSA) is 79.9 Å². The number of hydrogen-bond donors (Lipinski definition) is 3. The highest BCUT2D eigenvalue weighted by molar-refractivity contribution is 5.78. The maximum atomic E-state index is 9.19. The molecule has 0 aromatic heterocycles. The van der Waals surface area contributed by atoms with Gasteiger partial charge in [0.1, 0.15) is 0 Å². The molecule has 124 valence electrons. The van der Waals surface area contributed by atoms with E-state index in [1.165, 1.54) is 12.8 Å². The molecule has 0 radical (unpaired) electrons. The number of aliphatic imine (C=N–C) groups is 1. The van der Waals surface area contributed by atoms with Crippen molar-refractivity contribution in [3.05, 3.63) is 0 Å². The van der Waals surface area contributed by atoms with Gasteiger partial charge in [-0.05, 0) is 32.1 Å². The van der Waals surface area contributed by atoms with Crippen LogP contribution in [0.3, 0.4) is 0 Å². The Balaban J connectivity index is 2.34. The Kier molecular flexibility index (Phi) is 8.04. The number of aliphatic hydroxyl groups is 1. The van der Waals surface area contributed by atoms with Gasteiger partial charge in [0.2, 0.25) is 0 Å². The van der Waals surface area contributed by atoms with E-state index in [1.807, 2.05) is 0 Å². The second-order valence-electron chi connectivity index (χ2n) is 6.85. The summed E-state index contributed by atoms with van der Waals surface area (Å²) >= 11 is 0. The number of nitrogens with zero attached hydrogens (tertiary/aromatic N) is 1. The van der Waals surface area contributed by atoms with Gasteiger partial charge in [0, 0.05) is 24.7 Å². The van der Waals surface area contributed by atoms with Crippen LogP contribution in [0.4, 0.5) is 0 Å². The van der Waals surface area contributed by atoms with Gasteiger partial charge < -0.3 is 20.9 Å². The van der Waals surface area contributed by atoms with Gasteiger partial charge in [-0.3, -0.25) is 4.99 Å². The van der Waals surface area contributed by atoms with E-state index in [0.717, 1.165) is 31.8 Å². The summed E-state index contributed by atoms with van der Waals surface area (Å²) in [5, 5.41) is 12.5. The van der Waals surface area contributed by atoms with Gasteiger partial charge in [-0.15, -0.1) is 0 Å². The van der Waals surface area contributed by atoms with Gasteiger partial charge in [0.15, 0.2) is 5.96 Å². The van der Waals surface area contributed by atoms with Crippen molar-refractivity contribution < 1.29 is 9.84 Å². The van der Waals surface area contributed by atoms with Gasteiger partial charge in [-0.1, -0.05) is 26.7 Å². The quantitative estimate of drug-likeness (QED) is 0.449. The molecule has 1 saturated heterocycles. The summed E-state index contributed by atoms with van der Waals surface area (Å²) in [6.45, 7) is 8.88. The molecule has 0 aromatic rings. The highest BCUT2D eigenvalue weighted by Crippen LogP contribution is 2.32. The van der Waals surface area contributed by atoms with Crippen LogP contribution in [-0.4, -0.2) is 43.5 Å². The van der Waals surface area contributed by atoms with E-state index in [0.29, 0.717) is 25.2 Å².